The maximum Gasteiger partial charge on any atom is 0.0403 e. The van der Waals surface area contributed by atoms with Gasteiger partial charge in [0.2, 0.25) is 0 Å². The summed E-state index contributed by atoms with van der Waals surface area (Å²) < 4.78 is 0. The van der Waals surface area contributed by atoms with Gasteiger partial charge in [-0.05, 0) is 17.2 Å². The van der Waals surface area contributed by atoms with Gasteiger partial charge in [-0.2, -0.15) is 0 Å². The van der Waals surface area contributed by atoms with Gasteiger partial charge in [0.15, 0.2) is 0 Å². The SMILES string of the molecule is CN1CC(/C=C/c2ccccc2)c2ccccc21. The predicted octanol–water partition coefficient (Wildman–Crippen LogP) is 3.93. The normalized spacial score (nSPS) is 18.3. The number of anilines is 1. The molecule has 1 aliphatic rings. The van der Waals surface area contributed by atoms with Crippen LogP contribution < -0.4 is 4.90 Å². The van der Waals surface area contributed by atoms with E-state index in [9.17, 15) is 0 Å². The van der Waals surface area contributed by atoms with Gasteiger partial charge in [0.05, 0.1) is 0 Å². The Morgan fingerprint density at radius 1 is 1.00 bits per heavy atom. The molecule has 1 unspecified atom stereocenters. The Kier molecular flexibility index (Phi) is 2.89. The maximum absolute atomic E-state index is 2.33. The summed E-state index contributed by atoms with van der Waals surface area (Å²) in [6.07, 6.45) is 4.54. The van der Waals surface area contributed by atoms with Gasteiger partial charge in [0.25, 0.3) is 0 Å². The number of hydrogen-bond donors (Lipinski definition) is 0. The molecule has 0 saturated heterocycles. The molecule has 1 heteroatoms. The summed E-state index contributed by atoms with van der Waals surface area (Å²) in [6, 6.07) is 19.2. The van der Waals surface area contributed by atoms with E-state index in [-0.39, 0.29) is 0 Å². The van der Waals surface area contributed by atoms with Crippen molar-refractivity contribution in [3.8, 4) is 0 Å². The molecule has 0 amide bonds. The van der Waals surface area contributed by atoms with E-state index in [1.807, 2.05) is 0 Å². The summed E-state index contributed by atoms with van der Waals surface area (Å²) in [5.41, 5.74) is 4.07. The fourth-order valence-corrected chi connectivity index (χ4v) is 2.60. The lowest BCUT2D eigenvalue weighted by atomic mass is 10.00. The van der Waals surface area contributed by atoms with Crippen molar-refractivity contribution in [3.05, 3.63) is 71.8 Å². The first-order valence-electron chi connectivity index (χ1n) is 6.38. The number of nitrogens with zero attached hydrogens (tertiary/aromatic N) is 1. The van der Waals surface area contributed by atoms with E-state index in [0.717, 1.165) is 6.54 Å². The quantitative estimate of drug-likeness (QED) is 0.762. The Morgan fingerprint density at radius 3 is 2.56 bits per heavy atom. The van der Waals surface area contributed by atoms with Crippen molar-refractivity contribution in [1.82, 2.24) is 0 Å². The van der Waals surface area contributed by atoms with E-state index in [1.165, 1.54) is 16.8 Å². The largest absolute Gasteiger partial charge is 0.373 e. The third kappa shape index (κ3) is 2.04. The Morgan fingerprint density at radius 2 is 1.72 bits per heavy atom. The Bertz CT molecular complexity index is 557. The standard InChI is InChI=1S/C17H17N/c1-18-13-15(16-9-5-6-10-17(16)18)12-11-14-7-3-2-4-8-14/h2-12,15H,13H2,1H3/b12-11+. The number of benzene rings is 2. The second-order valence-electron chi connectivity index (χ2n) is 4.82. The number of fused-ring (bicyclic) bond motifs is 1. The van der Waals surface area contributed by atoms with E-state index in [0.29, 0.717) is 5.92 Å². The molecule has 1 heterocycles. The molecule has 18 heavy (non-hydrogen) atoms. The van der Waals surface area contributed by atoms with Crippen LogP contribution in [0.15, 0.2) is 60.7 Å². The van der Waals surface area contributed by atoms with Crippen LogP contribution in [-0.2, 0) is 0 Å². The van der Waals surface area contributed by atoms with Gasteiger partial charge < -0.3 is 4.90 Å². The highest BCUT2D eigenvalue weighted by Crippen LogP contribution is 2.35. The highest BCUT2D eigenvalue weighted by Gasteiger charge is 2.23. The van der Waals surface area contributed by atoms with Crippen LogP contribution in [0.5, 0.6) is 0 Å². The van der Waals surface area contributed by atoms with E-state index in [1.54, 1.807) is 0 Å². The van der Waals surface area contributed by atoms with Gasteiger partial charge in [-0.3, -0.25) is 0 Å². The molecule has 1 aliphatic heterocycles. The molecule has 0 radical (unpaired) electrons. The average molecular weight is 235 g/mol. The molecule has 0 saturated carbocycles. The molecule has 0 fully saturated rings. The third-order valence-corrected chi connectivity index (χ3v) is 3.54. The molecule has 2 aromatic carbocycles. The summed E-state index contributed by atoms with van der Waals surface area (Å²) in [4.78, 5) is 2.33. The summed E-state index contributed by atoms with van der Waals surface area (Å²) in [5, 5.41) is 0. The first kappa shape index (κ1) is 11.1. The molecular weight excluding hydrogens is 218 g/mol. The molecule has 0 spiro atoms. The zero-order chi connectivity index (χ0) is 12.4. The fraction of sp³-hybridized carbons (Fsp3) is 0.176. The van der Waals surface area contributed by atoms with Crippen LogP contribution in [0.4, 0.5) is 5.69 Å². The van der Waals surface area contributed by atoms with Gasteiger partial charge in [0, 0.05) is 25.2 Å². The first-order chi connectivity index (χ1) is 8.84. The number of hydrogen-bond acceptors (Lipinski definition) is 1. The van der Waals surface area contributed by atoms with Crippen molar-refractivity contribution in [1.29, 1.82) is 0 Å². The first-order valence-corrected chi connectivity index (χ1v) is 6.38. The van der Waals surface area contributed by atoms with Crippen molar-refractivity contribution >= 4 is 11.8 Å². The molecule has 0 aromatic heterocycles. The van der Waals surface area contributed by atoms with Crippen LogP contribution in [0.3, 0.4) is 0 Å². The molecule has 3 rings (SSSR count). The third-order valence-electron chi connectivity index (χ3n) is 3.54. The molecule has 1 atom stereocenters. The predicted molar refractivity (Wildman–Crippen MR) is 77.9 cm³/mol. The number of para-hydroxylation sites is 1. The van der Waals surface area contributed by atoms with Gasteiger partial charge in [-0.1, -0.05) is 60.7 Å². The van der Waals surface area contributed by atoms with Crippen molar-refractivity contribution in [2.45, 2.75) is 5.92 Å². The van der Waals surface area contributed by atoms with Gasteiger partial charge in [0.1, 0.15) is 0 Å². The Labute approximate surface area is 108 Å². The van der Waals surface area contributed by atoms with Crippen LogP contribution in [0.2, 0.25) is 0 Å². The van der Waals surface area contributed by atoms with Crippen molar-refractivity contribution in [2.75, 3.05) is 18.5 Å². The van der Waals surface area contributed by atoms with E-state index in [2.05, 4.69) is 78.7 Å². The zero-order valence-corrected chi connectivity index (χ0v) is 10.6. The smallest absolute Gasteiger partial charge is 0.0403 e. The van der Waals surface area contributed by atoms with Crippen LogP contribution in [0, 0.1) is 0 Å². The van der Waals surface area contributed by atoms with E-state index in [4.69, 9.17) is 0 Å². The van der Waals surface area contributed by atoms with Crippen molar-refractivity contribution in [2.24, 2.45) is 0 Å². The van der Waals surface area contributed by atoms with Crippen LogP contribution in [0.1, 0.15) is 17.0 Å². The lowest BCUT2D eigenvalue weighted by molar-refractivity contribution is 0.868. The number of likely N-dealkylation sites (N-methyl/N-ethyl adjacent to an activating group) is 1. The molecule has 2 aromatic rings. The van der Waals surface area contributed by atoms with Crippen LogP contribution in [0.25, 0.3) is 6.08 Å². The molecule has 90 valence electrons. The molecule has 0 N–H and O–H groups in total. The topological polar surface area (TPSA) is 3.24 Å². The molecular formula is C17H17N. The Hall–Kier alpha value is -2.02. The fourth-order valence-electron chi connectivity index (χ4n) is 2.60. The second-order valence-corrected chi connectivity index (χ2v) is 4.82. The van der Waals surface area contributed by atoms with Gasteiger partial charge >= 0.3 is 0 Å². The highest BCUT2D eigenvalue weighted by atomic mass is 15.1. The number of rotatable bonds is 2. The van der Waals surface area contributed by atoms with Crippen molar-refractivity contribution < 1.29 is 0 Å². The van der Waals surface area contributed by atoms with E-state index < -0.39 is 0 Å². The van der Waals surface area contributed by atoms with Gasteiger partial charge in [-0.15, -0.1) is 0 Å². The summed E-state index contributed by atoms with van der Waals surface area (Å²) in [5.74, 6) is 0.506. The molecule has 0 aliphatic carbocycles. The summed E-state index contributed by atoms with van der Waals surface area (Å²) >= 11 is 0. The summed E-state index contributed by atoms with van der Waals surface area (Å²) in [7, 11) is 2.16. The summed E-state index contributed by atoms with van der Waals surface area (Å²) in [6.45, 7) is 1.07. The monoisotopic (exact) mass is 235 g/mol. The maximum atomic E-state index is 2.33. The van der Waals surface area contributed by atoms with Gasteiger partial charge in [-0.25, -0.2) is 0 Å². The van der Waals surface area contributed by atoms with Crippen molar-refractivity contribution in [3.63, 3.8) is 0 Å². The Balaban J connectivity index is 1.86. The van der Waals surface area contributed by atoms with Crippen LogP contribution >= 0.6 is 0 Å². The molecule has 1 nitrogen and oxygen atoms in total. The highest BCUT2D eigenvalue weighted by molar-refractivity contribution is 5.63. The lowest BCUT2D eigenvalue weighted by Crippen LogP contribution is -2.14. The average Bonchev–Trinajstić information content (AvgIpc) is 2.75. The minimum absolute atomic E-state index is 0.506. The minimum atomic E-state index is 0.506. The second kappa shape index (κ2) is 4.69. The zero-order valence-electron chi connectivity index (χ0n) is 10.6. The molecule has 0 bridgehead atoms. The minimum Gasteiger partial charge on any atom is -0.373 e. The van der Waals surface area contributed by atoms with E-state index >= 15 is 0 Å². The lowest BCUT2D eigenvalue weighted by Gasteiger charge is -2.10. The van der Waals surface area contributed by atoms with Crippen LogP contribution in [-0.4, -0.2) is 13.6 Å².